The fourth-order valence-electron chi connectivity index (χ4n) is 1.98. The van der Waals surface area contributed by atoms with E-state index in [-0.39, 0.29) is 0 Å². The van der Waals surface area contributed by atoms with Crippen LogP contribution in [0.3, 0.4) is 0 Å². The zero-order chi connectivity index (χ0) is 10.7. The molecule has 0 saturated heterocycles. The van der Waals surface area contributed by atoms with Crippen molar-refractivity contribution in [3.8, 4) is 0 Å². The first-order valence-corrected chi connectivity index (χ1v) is 6.31. The summed E-state index contributed by atoms with van der Waals surface area (Å²) in [5.74, 6) is 0. The number of hydrogen-bond donors (Lipinski definition) is 1. The molecule has 0 aliphatic rings. The highest BCUT2D eigenvalue weighted by atomic mass is 32.1. The molecule has 0 saturated carbocycles. The van der Waals surface area contributed by atoms with Crippen LogP contribution in [0.1, 0.15) is 17.5 Å². The van der Waals surface area contributed by atoms with Crippen molar-refractivity contribution < 1.29 is 0 Å². The van der Waals surface area contributed by atoms with Crippen molar-refractivity contribution >= 4 is 21.4 Å². The number of aryl methyl sites for hydroxylation is 2. The van der Waals surface area contributed by atoms with Crippen LogP contribution in [0.4, 0.5) is 0 Å². The Hall–Kier alpha value is -0.860. The van der Waals surface area contributed by atoms with Gasteiger partial charge in [-0.1, -0.05) is 12.1 Å². The predicted molar refractivity (Wildman–Crippen MR) is 68.8 cm³/mol. The van der Waals surface area contributed by atoms with Gasteiger partial charge < -0.3 is 5.32 Å². The molecule has 2 aromatic rings. The summed E-state index contributed by atoms with van der Waals surface area (Å²) >= 11 is 1.87. The lowest BCUT2D eigenvalue weighted by atomic mass is 10.0. The lowest BCUT2D eigenvalue weighted by molar-refractivity contribution is 0.727. The lowest BCUT2D eigenvalue weighted by Crippen LogP contribution is -2.08. The molecule has 1 heterocycles. The van der Waals surface area contributed by atoms with E-state index >= 15 is 0 Å². The van der Waals surface area contributed by atoms with Crippen molar-refractivity contribution in [1.29, 1.82) is 0 Å². The summed E-state index contributed by atoms with van der Waals surface area (Å²) in [5.41, 5.74) is 2.93. The van der Waals surface area contributed by atoms with Crippen LogP contribution in [-0.4, -0.2) is 13.6 Å². The highest BCUT2D eigenvalue weighted by molar-refractivity contribution is 7.17. The number of rotatable bonds is 4. The zero-order valence-corrected chi connectivity index (χ0v) is 10.2. The molecule has 1 N–H and O–H groups in total. The van der Waals surface area contributed by atoms with E-state index in [1.165, 1.54) is 34.1 Å². The maximum absolute atomic E-state index is 3.20. The van der Waals surface area contributed by atoms with Crippen LogP contribution < -0.4 is 5.32 Å². The molecule has 2 heteroatoms. The second kappa shape index (κ2) is 4.77. The Morgan fingerprint density at radius 2 is 2.20 bits per heavy atom. The molecular weight excluding hydrogens is 202 g/mol. The third-order valence-electron chi connectivity index (χ3n) is 2.76. The monoisotopic (exact) mass is 219 g/mol. The molecule has 0 radical (unpaired) electrons. The maximum Gasteiger partial charge on any atom is 0.0348 e. The summed E-state index contributed by atoms with van der Waals surface area (Å²) in [7, 11) is 2.01. The predicted octanol–water partition coefficient (Wildman–Crippen LogP) is 3.36. The van der Waals surface area contributed by atoms with Gasteiger partial charge in [-0.3, -0.25) is 0 Å². The summed E-state index contributed by atoms with van der Waals surface area (Å²) in [6, 6.07) is 6.57. The molecular formula is C13H17NS. The number of benzene rings is 1. The first-order valence-electron chi connectivity index (χ1n) is 5.43. The van der Waals surface area contributed by atoms with Gasteiger partial charge in [-0.25, -0.2) is 0 Å². The van der Waals surface area contributed by atoms with Crippen LogP contribution in [0, 0.1) is 6.92 Å². The van der Waals surface area contributed by atoms with E-state index in [0.717, 1.165) is 6.54 Å². The third kappa shape index (κ3) is 2.21. The maximum atomic E-state index is 3.20. The van der Waals surface area contributed by atoms with E-state index in [1.807, 2.05) is 18.4 Å². The first-order chi connectivity index (χ1) is 7.33. The fraction of sp³-hybridized carbons (Fsp3) is 0.385. The van der Waals surface area contributed by atoms with E-state index in [1.54, 1.807) is 0 Å². The normalized spacial score (nSPS) is 11.1. The standard InChI is InChI=1S/C13H17NS/c1-10-5-3-7-12-13(10)11(9-15-12)6-4-8-14-2/h3,5,7,9,14H,4,6,8H2,1-2H3. The average molecular weight is 219 g/mol. The molecule has 80 valence electrons. The summed E-state index contributed by atoms with van der Waals surface area (Å²) < 4.78 is 1.43. The molecule has 0 bridgehead atoms. The highest BCUT2D eigenvalue weighted by Gasteiger charge is 2.05. The van der Waals surface area contributed by atoms with Crippen LogP contribution >= 0.6 is 11.3 Å². The first kappa shape index (κ1) is 10.7. The van der Waals surface area contributed by atoms with Gasteiger partial charge >= 0.3 is 0 Å². The molecule has 2 rings (SSSR count). The van der Waals surface area contributed by atoms with Crippen molar-refractivity contribution in [2.75, 3.05) is 13.6 Å². The quantitative estimate of drug-likeness (QED) is 0.777. The Morgan fingerprint density at radius 1 is 1.33 bits per heavy atom. The molecule has 0 aliphatic carbocycles. The third-order valence-corrected chi connectivity index (χ3v) is 3.75. The Balaban J connectivity index is 2.27. The summed E-state index contributed by atoms with van der Waals surface area (Å²) in [4.78, 5) is 0. The second-order valence-electron chi connectivity index (χ2n) is 3.92. The van der Waals surface area contributed by atoms with Crippen LogP contribution in [0.2, 0.25) is 0 Å². The highest BCUT2D eigenvalue weighted by Crippen LogP contribution is 2.29. The lowest BCUT2D eigenvalue weighted by Gasteiger charge is -2.02. The molecule has 0 amide bonds. The fourth-order valence-corrected chi connectivity index (χ4v) is 3.06. The Bertz CT molecular complexity index is 445. The topological polar surface area (TPSA) is 12.0 Å². The molecule has 0 spiro atoms. The van der Waals surface area contributed by atoms with Gasteiger partial charge in [0.2, 0.25) is 0 Å². The number of hydrogen-bond acceptors (Lipinski definition) is 2. The van der Waals surface area contributed by atoms with Gasteiger partial charge in [0.05, 0.1) is 0 Å². The number of nitrogens with one attached hydrogen (secondary N) is 1. The average Bonchev–Trinajstić information content (AvgIpc) is 2.63. The van der Waals surface area contributed by atoms with E-state index < -0.39 is 0 Å². The van der Waals surface area contributed by atoms with Crippen molar-refractivity contribution in [2.45, 2.75) is 19.8 Å². The Kier molecular flexibility index (Phi) is 3.39. The summed E-state index contributed by atoms with van der Waals surface area (Å²) in [6.45, 7) is 3.31. The van der Waals surface area contributed by atoms with Crippen LogP contribution in [-0.2, 0) is 6.42 Å². The number of thiophene rings is 1. The van der Waals surface area contributed by atoms with Gasteiger partial charge in [0.1, 0.15) is 0 Å². The minimum Gasteiger partial charge on any atom is -0.320 e. The van der Waals surface area contributed by atoms with Crippen molar-refractivity contribution in [2.24, 2.45) is 0 Å². The van der Waals surface area contributed by atoms with Crippen molar-refractivity contribution in [3.05, 3.63) is 34.7 Å². The van der Waals surface area contributed by atoms with E-state index in [4.69, 9.17) is 0 Å². The second-order valence-corrected chi connectivity index (χ2v) is 4.83. The van der Waals surface area contributed by atoms with Gasteiger partial charge in [-0.15, -0.1) is 11.3 Å². The molecule has 0 fully saturated rings. The van der Waals surface area contributed by atoms with Gasteiger partial charge in [0, 0.05) is 4.70 Å². The van der Waals surface area contributed by atoms with Crippen LogP contribution in [0.5, 0.6) is 0 Å². The van der Waals surface area contributed by atoms with Gasteiger partial charge in [0.25, 0.3) is 0 Å². The molecule has 1 aromatic carbocycles. The van der Waals surface area contributed by atoms with Crippen LogP contribution in [0.25, 0.3) is 10.1 Å². The van der Waals surface area contributed by atoms with Crippen molar-refractivity contribution in [1.82, 2.24) is 5.32 Å². The minimum atomic E-state index is 1.10. The van der Waals surface area contributed by atoms with Gasteiger partial charge in [-0.2, -0.15) is 0 Å². The van der Waals surface area contributed by atoms with Crippen LogP contribution in [0.15, 0.2) is 23.6 Å². The number of fused-ring (bicyclic) bond motifs is 1. The summed E-state index contributed by atoms with van der Waals surface area (Å²) in [6.07, 6.45) is 2.41. The van der Waals surface area contributed by atoms with Gasteiger partial charge in [-0.05, 0) is 61.3 Å². The molecule has 0 unspecified atom stereocenters. The zero-order valence-electron chi connectivity index (χ0n) is 9.34. The molecule has 1 nitrogen and oxygen atoms in total. The van der Waals surface area contributed by atoms with Crippen molar-refractivity contribution in [3.63, 3.8) is 0 Å². The van der Waals surface area contributed by atoms with E-state index in [0.29, 0.717) is 0 Å². The Morgan fingerprint density at radius 3 is 3.00 bits per heavy atom. The largest absolute Gasteiger partial charge is 0.320 e. The van der Waals surface area contributed by atoms with E-state index in [2.05, 4.69) is 35.8 Å². The molecule has 1 aromatic heterocycles. The SMILES string of the molecule is CNCCCc1csc2cccc(C)c12. The molecule has 0 atom stereocenters. The Labute approximate surface area is 95.1 Å². The van der Waals surface area contributed by atoms with Gasteiger partial charge in [0.15, 0.2) is 0 Å². The molecule has 0 aliphatic heterocycles. The smallest absolute Gasteiger partial charge is 0.0348 e. The van der Waals surface area contributed by atoms with E-state index in [9.17, 15) is 0 Å². The molecule has 15 heavy (non-hydrogen) atoms. The summed E-state index contributed by atoms with van der Waals surface area (Å²) in [5, 5.41) is 6.99. The minimum absolute atomic E-state index is 1.10.